The van der Waals surface area contributed by atoms with Crippen molar-refractivity contribution >= 4 is 11.5 Å². The molecule has 0 radical (unpaired) electrons. The fourth-order valence-electron chi connectivity index (χ4n) is 3.21. The fourth-order valence-corrected chi connectivity index (χ4v) is 3.21. The third kappa shape index (κ3) is 3.35. The van der Waals surface area contributed by atoms with Crippen LogP contribution in [-0.2, 0) is 13.6 Å². The number of hydrogen-bond acceptors (Lipinski definition) is 4. The number of piperidine rings is 1. The average Bonchev–Trinajstić information content (AvgIpc) is 2.62. The minimum atomic E-state index is -0.388. The molecule has 0 spiro atoms. The van der Waals surface area contributed by atoms with E-state index in [4.69, 9.17) is 12.3 Å². The molecule has 1 saturated heterocycles. The minimum Gasteiger partial charge on any atom is -0.356 e. The van der Waals surface area contributed by atoms with E-state index in [0.29, 0.717) is 18.1 Å². The lowest BCUT2D eigenvalue weighted by Gasteiger charge is -2.34. The SMILES string of the molecule is [C-]#[N+]c1ccccc1Cn1c(N2CCC[C@@H](N)C2)cc(=O)n(C)c1=O. The zero-order valence-electron chi connectivity index (χ0n) is 14.2. The molecule has 2 aromatic rings. The average molecular weight is 339 g/mol. The van der Waals surface area contributed by atoms with Gasteiger partial charge in [-0.3, -0.25) is 13.9 Å². The molecule has 0 saturated carbocycles. The van der Waals surface area contributed by atoms with Gasteiger partial charge in [0.15, 0.2) is 5.69 Å². The smallest absolute Gasteiger partial charge is 0.332 e. The lowest BCUT2D eigenvalue weighted by molar-refractivity contribution is 0.491. The molecule has 7 heteroatoms. The number of rotatable bonds is 3. The quantitative estimate of drug-likeness (QED) is 0.849. The van der Waals surface area contributed by atoms with Crippen LogP contribution in [0.4, 0.5) is 11.5 Å². The second kappa shape index (κ2) is 6.95. The predicted octanol–water partition coefficient (Wildman–Crippen LogP) is 1.07. The van der Waals surface area contributed by atoms with Gasteiger partial charge < -0.3 is 10.6 Å². The lowest BCUT2D eigenvalue weighted by atomic mass is 10.1. The van der Waals surface area contributed by atoms with Crippen molar-refractivity contribution in [1.82, 2.24) is 9.13 Å². The van der Waals surface area contributed by atoms with Crippen molar-refractivity contribution in [2.24, 2.45) is 12.8 Å². The highest BCUT2D eigenvalue weighted by Crippen LogP contribution is 2.22. The highest BCUT2D eigenvalue weighted by Gasteiger charge is 2.22. The summed E-state index contributed by atoms with van der Waals surface area (Å²) in [6, 6.07) is 8.71. The molecule has 0 aliphatic carbocycles. The number of nitrogens with zero attached hydrogens (tertiary/aromatic N) is 4. The Morgan fingerprint density at radius 2 is 2.08 bits per heavy atom. The van der Waals surface area contributed by atoms with E-state index in [0.717, 1.165) is 29.5 Å². The standard InChI is InChI=1S/C18H21N5O2/c1-20-15-8-4-3-6-13(15)11-23-16(10-17(24)21(2)18(23)25)22-9-5-7-14(19)12-22/h3-4,6,8,10,14H,5,7,9,11-12,19H2,2H3/t14-/m1/s1. The summed E-state index contributed by atoms with van der Waals surface area (Å²) in [5.74, 6) is 0.572. The first kappa shape index (κ1) is 17.0. The summed E-state index contributed by atoms with van der Waals surface area (Å²) in [5, 5.41) is 0. The fraction of sp³-hybridized carbons (Fsp3) is 0.389. The van der Waals surface area contributed by atoms with E-state index in [1.807, 2.05) is 17.0 Å². The number of para-hydroxylation sites is 1. The summed E-state index contributed by atoms with van der Waals surface area (Å²) in [6.45, 7) is 8.92. The van der Waals surface area contributed by atoms with Crippen LogP contribution in [0.25, 0.3) is 4.85 Å². The van der Waals surface area contributed by atoms with Gasteiger partial charge in [-0.05, 0) is 18.4 Å². The second-order valence-electron chi connectivity index (χ2n) is 6.36. The van der Waals surface area contributed by atoms with Crippen molar-refractivity contribution in [2.75, 3.05) is 18.0 Å². The zero-order valence-corrected chi connectivity index (χ0v) is 14.2. The van der Waals surface area contributed by atoms with E-state index in [1.165, 1.54) is 13.1 Å². The van der Waals surface area contributed by atoms with E-state index in [9.17, 15) is 9.59 Å². The minimum absolute atomic E-state index is 0.0249. The Morgan fingerprint density at radius 3 is 2.80 bits per heavy atom. The molecule has 130 valence electrons. The van der Waals surface area contributed by atoms with E-state index < -0.39 is 0 Å². The van der Waals surface area contributed by atoms with Crippen molar-refractivity contribution in [3.05, 3.63) is 68.2 Å². The number of benzene rings is 1. The van der Waals surface area contributed by atoms with Gasteiger partial charge >= 0.3 is 5.69 Å². The molecule has 1 aliphatic rings. The highest BCUT2D eigenvalue weighted by molar-refractivity contribution is 5.52. The molecule has 0 bridgehead atoms. The summed E-state index contributed by atoms with van der Waals surface area (Å²) in [6.07, 6.45) is 1.86. The van der Waals surface area contributed by atoms with Crippen LogP contribution in [0, 0.1) is 6.57 Å². The van der Waals surface area contributed by atoms with Gasteiger partial charge in [-0.1, -0.05) is 24.3 Å². The van der Waals surface area contributed by atoms with Gasteiger partial charge in [0.1, 0.15) is 5.82 Å². The molecule has 0 unspecified atom stereocenters. The number of nitrogens with two attached hydrogens (primary N) is 1. The monoisotopic (exact) mass is 339 g/mol. The predicted molar refractivity (Wildman–Crippen MR) is 97.2 cm³/mol. The van der Waals surface area contributed by atoms with Crippen molar-refractivity contribution in [3.8, 4) is 0 Å². The molecule has 7 nitrogen and oxygen atoms in total. The van der Waals surface area contributed by atoms with E-state index in [-0.39, 0.29) is 23.8 Å². The van der Waals surface area contributed by atoms with Crippen molar-refractivity contribution in [3.63, 3.8) is 0 Å². The molecule has 1 aromatic carbocycles. The van der Waals surface area contributed by atoms with Crippen LogP contribution >= 0.6 is 0 Å². The zero-order chi connectivity index (χ0) is 18.0. The molecule has 2 heterocycles. The largest absolute Gasteiger partial charge is 0.356 e. The first-order chi connectivity index (χ1) is 12.0. The Balaban J connectivity index is 2.11. The van der Waals surface area contributed by atoms with Crippen LogP contribution in [0.2, 0.25) is 0 Å². The summed E-state index contributed by atoms with van der Waals surface area (Å²) in [5.41, 5.74) is 6.59. The molecule has 1 aliphatic heterocycles. The van der Waals surface area contributed by atoms with Crippen molar-refractivity contribution in [1.29, 1.82) is 0 Å². The molecule has 1 fully saturated rings. The van der Waals surface area contributed by atoms with Gasteiger partial charge in [0, 0.05) is 38.8 Å². The van der Waals surface area contributed by atoms with Gasteiger partial charge in [-0.2, -0.15) is 0 Å². The first-order valence-electron chi connectivity index (χ1n) is 8.28. The van der Waals surface area contributed by atoms with Crippen LogP contribution in [0.15, 0.2) is 39.9 Å². The summed E-state index contributed by atoms with van der Waals surface area (Å²) in [4.78, 5) is 30.4. The second-order valence-corrected chi connectivity index (χ2v) is 6.36. The Hall–Kier alpha value is -2.85. The van der Waals surface area contributed by atoms with Crippen LogP contribution in [0.5, 0.6) is 0 Å². The van der Waals surface area contributed by atoms with Crippen LogP contribution in [-0.4, -0.2) is 28.3 Å². The number of hydrogen-bond donors (Lipinski definition) is 1. The van der Waals surface area contributed by atoms with Gasteiger partial charge in [0.05, 0.1) is 6.57 Å². The summed E-state index contributed by atoms with van der Waals surface area (Å²) < 4.78 is 2.65. The number of aromatic nitrogens is 2. The first-order valence-corrected chi connectivity index (χ1v) is 8.28. The van der Waals surface area contributed by atoms with Crippen LogP contribution < -0.4 is 21.9 Å². The summed E-state index contributed by atoms with van der Waals surface area (Å²) >= 11 is 0. The van der Waals surface area contributed by atoms with Gasteiger partial charge in [-0.25, -0.2) is 9.64 Å². The Kier molecular flexibility index (Phi) is 4.72. The maximum atomic E-state index is 12.7. The lowest BCUT2D eigenvalue weighted by Crippen LogP contribution is -2.47. The molecule has 2 N–H and O–H groups in total. The van der Waals surface area contributed by atoms with E-state index in [2.05, 4.69) is 4.85 Å². The van der Waals surface area contributed by atoms with Gasteiger partial charge in [-0.15, -0.1) is 0 Å². The van der Waals surface area contributed by atoms with Crippen molar-refractivity contribution in [2.45, 2.75) is 25.4 Å². The maximum Gasteiger partial charge on any atom is 0.332 e. The van der Waals surface area contributed by atoms with Gasteiger partial charge in [0.25, 0.3) is 5.56 Å². The van der Waals surface area contributed by atoms with Gasteiger partial charge in [0.2, 0.25) is 0 Å². The highest BCUT2D eigenvalue weighted by atomic mass is 16.2. The third-order valence-electron chi connectivity index (χ3n) is 4.60. The molecule has 0 amide bonds. The van der Waals surface area contributed by atoms with Crippen LogP contribution in [0.3, 0.4) is 0 Å². The molecule has 25 heavy (non-hydrogen) atoms. The maximum absolute atomic E-state index is 12.7. The number of anilines is 1. The molecular weight excluding hydrogens is 318 g/mol. The van der Waals surface area contributed by atoms with Crippen molar-refractivity contribution < 1.29 is 0 Å². The Bertz CT molecular complexity index is 938. The molecule has 1 aromatic heterocycles. The van der Waals surface area contributed by atoms with E-state index >= 15 is 0 Å². The normalized spacial score (nSPS) is 17.3. The van der Waals surface area contributed by atoms with Crippen LogP contribution in [0.1, 0.15) is 18.4 Å². The van der Waals surface area contributed by atoms with E-state index in [1.54, 1.807) is 16.7 Å². The Labute approximate surface area is 145 Å². The molecule has 3 rings (SSSR count). The Morgan fingerprint density at radius 1 is 1.32 bits per heavy atom. The topological polar surface area (TPSA) is 77.6 Å². The third-order valence-corrected chi connectivity index (χ3v) is 4.60. The summed E-state index contributed by atoms with van der Waals surface area (Å²) in [7, 11) is 1.47. The molecule has 1 atom stereocenters. The molecular formula is C18H21N5O2.